The van der Waals surface area contributed by atoms with Gasteiger partial charge in [0.15, 0.2) is 5.75 Å². The number of carbonyl (C=O) groups is 1. The molecule has 0 heterocycles. The number of rotatable bonds is 2. The summed E-state index contributed by atoms with van der Waals surface area (Å²) in [6, 6.07) is 6.96. The van der Waals surface area contributed by atoms with E-state index in [9.17, 15) is 4.79 Å². The van der Waals surface area contributed by atoms with Crippen molar-refractivity contribution < 1.29 is 9.53 Å². The quantitative estimate of drug-likeness (QED) is 0.693. The van der Waals surface area contributed by atoms with Gasteiger partial charge in [-0.15, -0.1) is 0 Å². The monoisotopic (exact) mass is 175 g/mol. The first-order chi connectivity index (χ1) is 6.24. The molecule has 3 heteroatoms. The van der Waals surface area contributed by atoms with Crippen molar-refractivity contribution in [2.45, 2.75) is 6.92 Å². The van der Waals surface area contributed by atoms with Crippen molar-refractivity contribution in [2.24, 2.45) is 0 Å². The summed E-state index contributed by atoms with van der Waals surface area (Å²) in [5.74, 6) is 0.313. The zero-order valence-corrected chi connectivity index (χ0v) is 7.20. The highest BCUT2D eigenvalue weighted by Crippen LogP contribution is 2.22. The van der Waals surface area contributed by atoms with Crippen molar-refractivity contribution in [1.29, 1.82) is 0 Å². The first-order valence-corrected chi connectivity index (χ1v) is 3.73. The lowest BCUT2D eigenvalue weighted by Crippen LogP contribution is -2.06. The zero-order valence-electron chi connectivity index (χ0n) is 7.20. The van der Waals surface area contributed by atoms with E-state index in [-0.39, 0.29) is 5.91 Å². The van der Waals surface area contributed by atoms with Crippen LogP contribution in [0, 0.1) is 12.5 Å². The largest absolute Gasteiger partial charge is 0.406 e. The van der Waals surface area contributed by atoms with Crippen LogP contribution in [0.4, 0.5) is 5.69 Å². The molecule has 1 amide bonds. The van der Waals surface area contributed by atoms with Crippen LogP contribution < -0.4 is 10.1 Å². The van der Waals surface area contributed by atoms with Gasteiger partial charge in [0, 0.05) is 6.92 Å². The summed E-state index contributed by atoms with van der Waals surface area (Å²) in [4.78, 5) is 10.8. The van der Waals surface area contributed by atoms with E-state index < -0.39 is 0 Å². The highest BCUT2D eigenvalue weighted by molar-refractivity contribution is 5.90. The Balaban J connectivity index is 2.92. The van der Waals surface area contributed by atoms with Crippen LogP contribution in [-0.4, -0.2) is 5.91 Å². The topological polar surface area (TPSA) is 38.3 Å². The molecule has 0 spiro atoms. The van der Waals surface area contributed by atoms with Crippen LogP contribution in [0.3, 0.4) is 0 Å². The van der Waals surface area contributed by atoms with Gasteiger partial charge in [-0.05, 0) is 12.1 Å². The molecule has 0 bridgehead atoms. The predicted octanol–water partition coefficient (Wildman–Crippen LogP) is 1.61. The molecule has 0 atom stereocenters. The average molecular weight is 175 g/mol. The molecule has 0 saturated carbocycles. The van der Waals surface area contributed by atoms with E-state index in [1.54, 1.807) is 24.3 Å². The summed E-state index contributed by atoms with van der Waals surface area (Å²) in [7, 11) is 0. The minimum atomic E-state index is -0.159. The minimum Gasteiger partial charge on any atom is -0.406 e. The number of hydrogen-bond acceptors (Lipinski definition) is 2. The van der Waals surface area contributed by atoms with E-state index >= 15 is 0 Å². The van der Waals surface area contributed by atoms with Crippen molar-refractivity contribution in [3.63, 3.8) is 0 Å². The summed E-state index contributed by atoms with van der Waals surface area (Å²) in [6.45, 7) is 1.42. The Labute approximate surface area is 76.7 Å². The molecule has 0 aliphatic rings. The van der Waals surface area contributed by atoms with Gasteiger partial charge in [-0.1, -0.05) is 18.6 Å². The normalized spacial score (nSPS) is 8.62. The molecule has 0 aliphatic carbocycles. The molecule has 0 fully saturated rings. The highest BCUT2D eigenvalue weighted by atomic mass is 16.5. The lowest BCUT2D eigenvalue weighted by atomic mass is 10.3. The Kier molecular flexibility index (Phi) is 2.93. The fourth-order valence-electron chi connectivity index (χ4n) is 0.912. The molecule has 1 N–H and O–H groups in total. The number of carbonyl (C=O) groups excluding carboxylic acids is 1. The van der Waals surface area contributed by atoms with E-state index in [2.05, 4.69) is 5.32 Å². The van der Waals surface area contributed by atoms with Gasteiger partial charge in [0.05, 0.1) is 5.69 Å². The SMILES string of the molecule is C#COc1ccccc1NC(C)=O. The highest BCUT2D eigenvalue weighted by Gasteiger charge is 2.02. The second kappa shape index (κ2) is 4.17. The summed E-state index contributed by atoms with van der Waals surface area (Å²) >= 11 is 0. The average Bonchev–Trinajstić information content (AvgIpc) is 2.08. The summed E-state index contributed by atoms with van der Waals surface area (Å²) in [6.07, 6.45) is 7.02. The molecule has 1 aromatic carbocycles. The Morgan fingerprint density at radius 1 is 1.54 bits per heavy atom. The van der Waals surface area contributed by atoms with Crippen LogP contribution in [0.2, 0.25) is 0 Å². The van der Waals surface area contributed by atoms with Gasteiger partial charge >= 0.3 is 0 Å². The molecule has 1 aromatic rings. The zero-order chi connectivity index (χ0) is 9.68. The Hall–Kier alpha value is -1.95. The summed E-state index contributed by atoms with van der Waals surface area (Å²) < 4.78 is 4.85. The molecule has 0 radical (unpaired) electrons. The van der Waals surface area contributed by atoms with Gasteiger partial charge in [-0.3, -0.25) is 4.79 Å². The number of nitrogens with one attached hydrogen (secondary N) is 1. The number of ether oxygens (including phenoxy) is 1. The third-order valence-corrected chi connectivity index (χ3v) is 1.37. The molecule has 0 saturated heterocycles. The third-order valence-electron chi connectivity index (χ3n) is 1.37. The Morgan fingerprint density at radius 3 is 2.85 bits per heavy atom. The van der Waals surface area contributed by atoms with Crippen LogP contribution in [-0.2, 0) is 4.79 Å². The Bertz CT molecular complexity index is 352. The van der Waals surface area contributed by atoms with Gasteiger partial charge in [0.25, 0.3) is 0 Å². The van der Waals surface area contributed by atoms with Crippen molar-refractivity contribution in [3.05, 3.63) is 24.3 Å². The maximum absolute atomic E-state index is 10.8. The molecule has 0 unspecified atom stereocenters. The molecule has 66 valence electrons. The molecule has 1 rings (SSSR count). The van der Waals surface area contributed by atoms with E-state index in [1.165, 1.54) is 6.92 Å². The second-order valence-corrected chi connectivity index (χ2v) is 2.40. The number of benzene rings is 1. The van der Waals surface area contributed by atoms with Crippen LogP contribution in [0.5, 0.6) is 5.75 Å². The lowest BCUT2D eigenvalue weighted by Gasteiger charge is -2.05. The van der Waals surface area contributed by atoms with Crippen LogP contribution in [0.15, 0.2) is 24.3 Å². The van der Waals surface area contributed by atoms with Crippen molar-refractivity contribution in [1.82, 2.24) is 0 Å². The maximum Gasteiger partial charge on any atom is 0.221 e. The van der Waals surface area contributed by atoms with Gasteiger partial charge in [0.1, 0.15) is 6.11 Å². The number of terminal acetylenes is 1. The van der Waals surface area contributed by atoms with E-state index in [4.69, 9.17) is 11.2 Å². The molecule has 0 aliphatic heterocycles. The van der Waals surface area contributed by atoms with Crippen LogP contribution in [0.1, 0.15) is 6.92 Å². The van der Waals surface area contributed by atoms with Gasteiger partial charge in [-0.2, -0.15) is 0 Å². The second-order valence-electron chi connectivity index (χ2n) is 2.40. The number of anilines is 1. The number of hydrogen-bond donors (Lipinski definition) is 1. The molecular weight excluding hydrogens is 166 g/mol. The fourth-order valence-corrected chi connectivity index (χ4v) is 0.912. The summed E-state index contributed by atoms with van der Waals surface area (Å²) in [5, 5.41) is 2.60. The Morgan fingerprint density at radius 2 is 2.23 bits per heavy atom. The maximum atomic E-state index is 10.8. The minimum absolute atomic E-state index is 0.159. The van der Waals surface area contributed by atoms with Gasteiger partial charge < -0.3 is 10.1 Å². The van der Waals surface area contributed by atoms with E-state index in [0.29, 0.717) is 11.4 Å². The number of para-hydroxylation sites is 2. The lowest BCUT2D eigenvalue weighted by molar-refractivity contribution is -0.114. The van der Waals surface area contributed by atoms with E-state index in [1.807, 2.05) is 6.11 Å². The third kappa shape index (κ3) is 2.53. The van der Waals surface area contributed by atoms with Crippen molar-refractivity contribution in [2.75, 3.05) is 5.32 Å². The molecular formula is C10H9NO2. The standard InChI is InChI=1S/C10H9NO2/c1-3-13-10-7-5-4-6-9(10)11-8(2)12/h1,4-7H,2H3,(H,11,12). The van der Waals surface area contributed by atoms with Crippen LogP contribution >= 0.6 is 0 Å². The van der Waals surface area contributed by atoms with Gasteiger partial charge in [0.2, 0.25) is 5.91 Å². The van der Waals surface area contributed by atoms with Crippen molar-refractivity contribution in [3.8, 4) is 18.3 Å². The first-order valence-electron chi connectivity index (χ1n) is 3.73. The molecule has 0 aromatic heterocycles. The van der Waals surface area contributed by atoms with E-state index in [0.717, 1.165) is 0 Å². The molecule has 13 heavy (non-hydrogen) atoms. The van der Waals surface area contributed by atoms with Crippen LogP contribution in [0.25, 0.3) is 0 Å². The van der Waals surface area contributed by atoms with Crippen molar-refractivity contribution >= 4 is 11.6 Å². The van der Waals surface area contributed by atoms with Gasteiger partial charge in [-0.25, -0.2) is 0 Å². The molecule has 3 nitrogen and oxygen atoms in total. The first kappa shape index (κ1) is 9.14. The fraction of sp³-hybridized carbons (Fsp3) is 0.100. The number of amides is 1. The summed E-state index contributed by atoms with van der Waals surface area (Å²) in [5.41, 5.74) is 0.577. The smallest absolute Gasteiger partial charge is 0.221 e. The predicted molar refractivity (Wildman–Crippen MR) is 50.2 cm³/mol.